The second-order valence-corrected chi connectivity index (χ2v) is 5.45. The van der Waals surface area contributed by atoms with Crippen LogP contribution in [-0.2, 0) is 17.8 Å². The quantitative estimate of drug-likeness (QED) is 0.884. The Morgan fingerprint density at radius 1 is 1.53 bits per heavy atom. The molecule has 0 saturated heterocycles. The first-order valence-corrected chi connectivity index (χ1v) is 6.08. The number of aromatic nitrogens is 2. The van der Waals surface area contributed by atoms with E-state index in [2.05, 4.69) is 5.10 Å². The van der Waals surface area contributed by atoms with Crippen molar-refractivity contribution in [3.8, 4) is 0 Å². The Hall–Kier alpha value is -1.03. The van der Waals surface area contributed by atoms with E-state index in [0.717, 1.165) is 17.9 Å². The van der Waals surface area contributed by atoms with Gasteiger partial charge in [0, 0.05) is 6.54 Å². The molecule has 5 heteroatoms. The number of hydrogen-bond acceptors (Lipinski definition) is 2. The average Bonchev–Trinajstić information content (AvgIpc) is 2.43. The summed E-state index contributed by atoms with van der Waals surface area (Å²) in [7, 11) is 0. The Morgan fingerprint density at radius 2 is 2.12 bits per heavy atom. The normalized spacial score (nSPS) is 11.8. The monoisotopic (exact) mass is 258 g/mol. The molecule has 0 fully saturated rings. The molecule has 0 radical (unpaired) electrons. The molecule has 17 heavy (non-hydrogen) atoms. The number of carbonyl (C=O) groups is 1. The highest BCUT2D eigenvalue weighted by molar-refractivity contribution is 6.31. The molecule has 4 nitrogen and oxygen atoms in total. The maximum absolute atomic E-state index is 10.8. The van der Waals surface area contributed by atoms with Crippen LogP contribution in [0.2, 0.25) is 5.02 Å². The van der Waals surface area contributed by atoms with Crippen LogP contribution in [0.1, 0.15) is 38.6 Å². The number of carboxylic acids is 1. The summed E-state index contributed by atoms with van der Waals surface area (Å²) < 4.78 is 1.85. The van der Waals surface area contributed by atoms with Crippen LogP contribution in [0.4, 0.5) is 0 Å². The molecule has 1 aromatic heterocycles. The maximum atomic E-state index is 10.8. The van der Waals surface area contributed by atoms with Crippen LogP contribution >= 0.6 is 11.6 Å². The molecule has 0 aliphatic heterocycles. The highest BCUT2D eigenvalue weighted by Crippen LogP contribution is 2.30. The van der Waals surface area contributed by atoms with Crippen molar-refractivity contribution in [2.45, 2.75) is 47.1 Å². The molecular weight excluding hydrogens is 240 g/mol. The standard InChI is InChI=1S/C12H19ClN2O2/c1-5-15-9(11(13)8(2)14-15)6-12(3,4)7-10(16)17/h5-7H2,1-4H3,(H,16,17). The molecule has 1 N–H and O–H groups in total. The van der Waals surface area contributed by atoms with Gasteiger partial charge in [-0.2, -0.15) is 5.10 Å². The third kappa shape index (κ3) is 3.46. The van der Waals surface area contributed by atoms with Crippen LogP contribution < -0.4 is 0 Å². The molecule has 0 unspecified atom stereocenters. The molecule has 0 aromatic carbocycles. The van der Waals surface area contributed by atoms with Gasteiger partial charge in [0.15, 0.2) is 0 Å². The zero-order valence-corrected chi connectivity index (χ0v) is 11.5. The van der Waals surface area contributed by atoms with E-state index in [4.69, 9.17) is 16.7 Å². The molecule has 0 amide bonds. The molecular formula is C12H19ClN2O2. The van der Waals surface area contributed by atoms with Crippen molar-refractivity contribution in [2.24, 2.45) is 5.41 Å². The summed E-state index contributed by atoms with van der Waals surface area (Å²) in [5.41, 5.74) is 1.40. The van der Waals surface area contributed by atoms with Crippen LogP contribution in [0, 0.1) is 12.3 Å². The van der Waals surface area contributed by atoms with Gasteiger partial charge in [-0.05, 0) is 25.7 Å². The summed E-state index contributed by atoms with van der Waals surface area (Å²) in [4.78, 5) is 10.8. The molecule has 96 valence electrons. The fourth-order valence-corrected chi connectivity index (χ4v) is 2.17. The van der Waals surface area contributed by atoms with Gasteiger partial charge in [0.1, 0.15) is 0 Å². The van der Waals surface area contributed by atoms with Crippen molar-refractivity contribution >= 4 is 17.6 Å². The highest BCUT2D eigenvalue weighted by atomic mass is 35.5. The van der Waals surface area contributed by atoms with E-state index in [-0.39, 0.29) is 11.8 Å². The minimum Gasteiger partial charge on any atom is -0.481 e. The smallest absolute Gasteiger partial charge is 0.303 e. The topological polar surface area (TPSA) is 55.1 Å². The molecule has 0 aliphatic rings. The van der Waals surface area contributed by atoms with Gasteiger partial charge in [0.25, 0.3) is 0 Å². The average molecular weight is 259 g/mol. The first-order chi connectivity index (χ1) is 7.76. The summed E-state index contributed by atoms with van der Waals surface area (Å²) in [6.07, 6.45) is 0.740. The lowest BCUT2D eigenvalue weighted by Gasteiger charge is -2.22. The molecule has 0 bridgehead atoms. The Kier molecular flexibility index (Phi) is 4.20. The molecule has 1 aromatic rings. The number of carboxylic acid groups (broad SMARTS) is 1. The van der Waals surface area contributed by atoms with Crippen LogP contribution in [0.25, 0.3) is 0 Å². The lowest BCUT2D eigenvalue weighted by atomic mass is 9.84. The summed E-state index contributed by atoms with van der Waals surface area (Å²) >= 11 is 6.20. The first-order valence-electron chi connectivity index (χ1n) is 5.70. The second-order valence-electron chi connectivity index (χ2n) is 5.07. The minimum atomic E-state index is -0.787. The van der Waals surface area contributed by atoms with Crippen LogP contribution in [0.5, 0.6) is 0 Å². The van der Waals surface area contributed by atoms with E-state index >= 15 is 0 Å². The van der Waals surface area contributed by atoms with Gasteiger partial charge < -0.3 is 5.11 Å². The Morgan fingerprint density at radius 3 is 2.59 bits per heavy atom. The number of halogens is 1. The van der Waals surface area contributed by atoms with E-state index < -0.39 is 5.97 Å². The van der Waals surface area contributed by atoms with Crippen molar-refractivity contribution < 1.29 is 9.90 Å². The Labute approximate surface area is 107 Å². The van der Waals surface area contributed by atoms with Crippen LogP contribution in [-0.4, -0.2) is 20.9 Å². The summed E-state index contributed by atoms with van der Waals surface area (Å²) in [6.45, 7) is 8.46. The van der Waals surface area contributed by atoms with Crippen molar-refractivity contribution in [1.82, 2.24) is 9.78 Å². The maximum Gasteiger partial charge on any atom is 0.303 e. The van der Waals surface area contributed by atoms with Crippen molar-refractivity contribution in [3.63, 3.8) is 0 Å². The number of nitrogens with zero attached hydrogens (tertiary/aromatic N) is 2. The van der Waals surface area contributed by atoms with Gasteiger partial charge >= 0.3 is 5.97 Å². The second kappa shape index (κ2) is 5.08. The van der Waals surface area contributed by atoms with Crippen molar-refractivity contribution in [1.29, 1.82) is 0 Å². The lowest BCUT2D eigenvalue weighted by Crippen LogP contribution is -2.21. The van der Waals surface area contributed by atoms with Gasteiger partial charge in [-0.25, -0.2) is 0 Å². The summed E-state index contributed by atoms with van der Waals surface area (Å²) in [6, 6.07) is 0. The van der Waals surface area contributed by atoms with Crippen LogP contribution in [0.15, 0.2) is 0 Å². The van der Waals surface area contributed by atoms with E-state index in [0.29, 0.717) is 11.4 Å². The third-order valence-electron chi connectivity index (χ3n) is 2.73. The lowest BCUT2D eigenvalue weighted by molar-refractivity contribution is -0.139. The molecule has 0 aliphatic carbocycles. The van der Waals surface area contributed by atoms with Crippen molar-refractivity contribution in [2.75, 3.05) is 0 Å². The van der Waals surface area contributed by atoms with Gasteiger partial charge in [0.05, 0.1) is 22.8 Å². The molecule has 0 spiro atoms. The largest absolute Gasteiger partial charge is 0.481 e. The van der Waals surface area contributed by atoms with Crippen molar-refractivity contribution in [3.05, 3.63) is 16.4 Å². The number of aliphatic carboxylic acids is 1. The van der Waals surface area contributed by atoms with Gasteiger partial charge in [-0.3, -0.25) is 9.48 Å². The number of rotatable bonds is 5. The summed E-state index contributed by atoms with van der Waals surface area (Å²) in [5.74, 6) is -0.787. The number of aryl methyl sites for hydroxylation is 2. The van der Waals surface area contributed by atoms with Gasteiger partial charge in [-0.15, -0.1) is 0 Å². The van der Waals surface area contributed by atoms with Gasteiger partial charge in [0.2, 0.25) is 0 Å². The van der Waals surface area contributed by atoms with E-state index in [9.17, 15) is 4.79 Å². The third-order valence-corrected chi connectivity index (χ3v) is 3.22. The zero-order valence-electron chi connectivity index (χ0n) is 10.7. The Balaban J connectivity index is 2.97. The zero-order chi connectivity index (χ0) is 13.2. The Bertz CT molecular complexity index is 424. The van der Waals surface area contributed by atoms with Crippen LogP contribution in [0.3, 0.4) is 0 Å². The molecule has 1 heterocycles. The van der Waals surface area contributed by atoms with E-state index in [1.54, 1.807) is 0 Å². The predicted octanol–water partition coefficient (Wildman–Crippen LogP) is 2.91. The first kappa shape index (κ1) is 14.0. The fourth-order valence-electron chi connectivity index (χ4n) is 1.96. The molecule has 0 saturated carbocycles. The fraction of sp³-hybridized carbons (Fsp3) is 0.667. The minimum absolute atomic E-state index is 0.122. The van der Waals surface area contributed by atoms with Gasteiger partial charge in [-0.1, -0.05) is 25.4 Å². The molecule has 0 atom stereocenters. The van der Waals surface area contributed by atoms with E-state index in [1.165, 1.54) is 0 Å². The summed E-state index contributed by atoms with van der Waals surface area (Å²) in [5, 5.41) is 13.9. The van der Waals surface area contributed by atoms with E-state index in [1.807, 2.05) is 32.4 Å². The number of hydrogen-bond donors (Lipinski definition) is 1. The predicted molar refractivity (Wildman–Crippen MR) is 67.4 cm³/mol. The SMILES string of the molecule is CCn1nc(C)c(Cl)c1CC(C)(C)CC(=O)O. The molecule has 1 rings (SSSR count). The highest BCUT2D eigenvalue weighted by Gasteiger charge is 2.26.